The highest BCUT2D eigenvalue weighted by Gasteiger charge is 2.48. The Morgan fingerprint density at radius 3 is 2.09 bits per heavy atom. The minimum Gasteiger partial charge on any atom is -0.507 e. The van der Waals surface area contributed by atoms with Crippen LogP contribution in [0.15, 0.2) is 66.2 Å². The van der Waals surface area contributed by atoms with Gasteiger partial charge in [-0.25, -0.2) is 0 Å². The lowest BCUT2D eigenvalue weighted by atomic mass is 9.93. The molecule has 4 rings (SSSR count). The van der Waals surface area contributed by atoms with Crippen LogP contribution in [0, 0.1) is 6.92 Å². The van der Waals surface area contributed by atoms with Crippen LogP contribution >= 0.6 is 0 Å². The number of aromatic nitrogens is 2. The fourth-order valence-electron chi connectivity index (χ4n) is 3.94. The fraction of sp³-hybridized carbons (Fsp3) is 0.231. The van der Waals surface area contributed by atoms with Gasteiger partial charge in [-0.3, -0.25) is 14.5 Å². The zero-order valence-corrected chi connectivity index (χ0v) is 19.2. The predicted molar refractivity (Wildman–Crippen MR) is 124 cm³/mol. The first-order valence-electron chi connectivity index (χ1n) is 10.9. The zero-order valence-electron chi connectivity index (χ0n) is 19.2. The summed E-state index contributed by atoms with van der Waals surface area (Å²) in [7, 11) is 0. The van der Waals surface area contributed by atoms with Crippen LogP contribution in [0.3, 0.4) is 0 Å². The third kappa shape index (κ3) is 4.53. The molecule has 1 saturated heterocycles. The minimum absolute atomic E-state index is 0.0387. The lowest BCUT2D eigenvalue weighted by molar-refractivity contribution is -0.137. The predicted octanol–water partition coefficient (Wildman–Crippen LogP) is 5.55. The summed E-state index contributed by atoms with van der Waals surface area (Å²) in [5, 5.41) is 19.0. The standard InChI is InChI=1S/C26H22F3N3O3/c1-14(2)16-5-7-18(8-6-16)23(33)21-22(17-9-11-19(12-10-17)26(27,28)29)32(25(35)24(21)34)20-13-4-15(3)30-31-20/h4-14,22,33H,1-3H3. The summed E-state index contributed by atoms with van der Waals surface area (Å²) < 4.78 is 39.4. The molecule has 1 aliphatic rings. The summed E-state index contributed by atoms with van der Waals surface area (Å²) in [5.41, 5.74) is 0.976. The number of aryl methyl sites for hydroxylation is 1. The number of rotatable bonds is 4. The summed E-state index contributed by atoms with van der Waals surface area (Å²) in [6.07, 6.45) is -4.55. The van der Waals surface area contributed by atoms with E-state index >= 15 is 0 Å². The van der Waals surface area contributed by atoms with Gasteiger partial charge in [0.1, 0.15) is 5.76 Å². The molecule has 1 atom stereocenters. The lowest BCUT2D eigenvalue weighted by Crippen LogP contribution is -2.30. The van der Waals surface area contributed by atoms with E-state index in [-0.39, 0.29) is 22.9 Å². The molecule has 180 valence electrons. The number of hydrogen-bond acceptors (Lipinski definition) is 5. The Hall–Kier alpha value is -4.01. The molecule has 0 bridgehead atoms. The van der Waals surface area contributed by atoms with Crippen molar-refractivity contribution in [2.45, 2.75) is 38.9 Å². The van der Waals surface area contributed by atoms with Crippen LogP contribution in [-0.4, -0.2) is 27.0 Å². The second-order valence-electron chi connectivity index (χ2n) is 8.60. The second-order valence-corrected chi connectivity index (χ2v) is 8.60. The van der Waals surface area contributed by atoms with Crippen LogP contribution in [0.4, 0.5) is 19.0 Å². The first-order valence-corrected chi connectivity index (χ1v) is 10.9. The third-order valence-corrected chi connectivity index (χ3v) is 5.88. The molecule has 9 heteroatoms. The van der Waals surface area contributed by atoms with Crippen molar-refractivity contribution >= 4 is 23.3 Å². The van der Waals surface area contributed by atoms with E-state index < -0.39 is 35.2 Å². The molecule has 2 aromatic carbocycles. The number of alkyl halides is 3. The first-order chi connectivity index (χ1) is 16.5. The number of anilines is 1. The number of benzene rings is 2. The number of carbonyl (C=O) groups excluding carboxylic acids is 2. The molecule has 1 aliphatic heterocycles. The zero-order chi connectivity index (χ0) is 25.5. The molecule has 0 spiro atoms. The van der Waals surface area contributed by atoms with E-state index in [2.05, 4.69) is 10.2 Å². The van der Waals surface area contributed by atoms with Gasteiger partial charge in [0, 0.05) is 5.56 Å². The Morgan fingerprint density at radius 1 is 0.943 bits per heavy atom. The quantitative estimate of drug-likeness (QED) is 0.300. The molecule has 3 aromatic rings. The van der Waals surface area contributed by atoms with Gasteiger partial charge < -0.3 is 5.11 Å². The van der Waals surface area contributed by atoms with E-state index in [0.29, 0.717) is 11.3 Å². The van der Waals surface area contributed by atoms with Crippen LogP contribution in [0.5, 0.6) is 0 Å². The second kappa shape index (κ2) is 8.98. The maximum absolute atomic E-state index is 13.1. The van der Waals surface area contributed by atoms with Gasteiger partial charge in [-0.2, -0.15) is 18.3 Å². The highest BCUT2D eigenvalue weighted by molar-refractivity contribution is 6.51. The van der Waals surface area contributed by atoms with Crippen LogP contribution in [0.25, 0.3) is 5.76 Å². The maximum Gasteiger partial charge on any atom is 0.416 e. The molecule has 6 nitrogen and oxygen atoms in total. The number of carbonyl (C=O) groups is 2. The molecule has 1 unspecified atom stereocenters. The average molecular weight is 481 g/mol. The van der Waals surface area contributed by atoms with E-state index in [9.17, 15) is 27.9 Å². The summed E-state index contributed by atoms with van der Waals surface area (Å²) in [4.78, 5) is 27.2. The lowest BCUT2D eigenvalue weighted by Gasteiger charge is -2.24. The molecule has 0 saturated carbocycles. The van der Waals surface area contributed by atoms with Crippen molar-refractivity contribution < 1.29 is 27.9 Å². The number of Topliss-reactive ketones (excluding diaryl/α,β-unsaturated/α-hetero) is 1. The number of aliphatic hydroxyl groups is 1. The minimum atomic E-state index is -4.55. The van der Waals surface area contributed by atoms with Gasteiger partial charge >= 0.3 is 12.1 Å². The van der Waals surface area contributed by atoms with E-state index in [0.717, 1.165) is 22.6 Å². The van der Waals surface area contributed by atoms with Crippen LogP contribution < -0.4 is 4.90 Å². The molecule has 1 N–H and O–H groups in total. The summed E-state index contributed by atoms with van der Waals surface area (Å²) in [5.74, 6) is -2.08. The fourth-order valence-corrected chi connectivity index (χ4v) is 3.94. The number of amides is 1. The van der Waals surface area contributed by atoms with Crippen molar-refractivity contribution in [3.05, 3.63) is 94.2 Å². The van der Waals surface area contributed by atoms with Gasteiger partial charge in [-0.05, 0) is 48.2 Å². The monoisotopic (exact) mass is 481 g/mol. The molecule has 35 heavy (non-hydrogen) atoms. The van der Waals surface area contributed by atoms with Crippen LogP contribution in [0.2, 0.25) is 0 Å². The molecule has 1 aromatic heterocycles. The molecular weight excluding hydrogens is 459 g/mol. The van der Waals surface area contributed by atoms with Crippen molar-refractivity contribution in [2.75, 3.05) is 4.90 Å². The van der Waals surface area contributed by atoms with Gasteiger partial charge in [0.15, 0.2) is 5.82 Å². The van der Waals surface area contributed by atoms with Gasteiger partial charge in [0.05, 0.1) is 22.9 Å². The van der Waals surface area contributed by atoms with E-state index in [1.54, 1.807) is 37.3 Å². The number of nitrogens with zero attached hydrogens (tertiary/aromatic N) is 3. The van der Waals surface area contributed by atoms with Crippen molar-refractivity contribution in [3.8, 4) is 0 Å². The van der Waals surface area contributed by atoms with Crippen molar-refractivity contribution in [1.29, 1.82) is 0 Å². The third-order valence-electron chi connectivity index (χ3n) is 5.88. The van der Waals surface area contributed by atoms with E-state index in [1.807, 2.05) is 13.8 Å². The van der Waals surface area contributed by atoms with Gasteiger partial charge in [-0.1, -0.05) is 50.2 Å². The van der Waals surface area contributed by atoms with E-state index in [1.165, 1.54) is 18.2 Å². The molecule has 1 amide bonds. The Morgan fingerprint density at radius 2 is 1.57 bits per heavy atom. The average Bonchev–Trinajstić information content (AvgIpc) is 3.09. The Labute approximate surface area is 199 Å². The Balaban J connectivity index is 1.89. The summed E-state index contributed by atoms with van der Waals surface area (Å²) in [6, 6.07) is 12.9. The highest BCUT2D eigenvalue weighted by Crippen LogP contribution is 2.42. The topological polar surface area (TPSA) is 83.4 Å². The first kappa shape index (κ1) is 24.1. The molecule has 0 aliphatic carbocycles. The summed E-state index contributed by atoms with van der Waals surface area (Å²) in [6.45, 7) is 5.71. The maximum atomic E-state index is 13.1. The molecule has 2 heterocycles. The molecule has 1 fully saturated rings. The molecular formula is C26H22F3N3O3. The number of aliphatic hydroxyl groups excluding tert-OH is 1. The van der Waals surface area contributed by atoms with Crippen LogP contribution in [0.1, 0.15) is 53.8 Å². The number of hydrogen-bond donors (Lipinski definition) is 1. The van der Waals surface area contributed by atoms with Crippen molar-refractivity contribution in [2.24, 2.45) is 0 Å². The largest absolute Gasteiger partial charge is 0.507 e. The smallest absolute Gasteiger partial charge is 0.416 e. The van der Waals surface area contributed by atoms with Gasteiger partial charge in [-0.15, -0.1) is 5.10 Å². The van der Waals surface area contributed by atoms with Crippen LogP contribution in [-0.2, 0) is 15.8 Å². The van der Waals surface area contributed by atoms with Gasteiger partial charge in [0.25, 0.3) is 5.78 Å². The van der Waals surface area contributed by atoms with Crippen molar-refractivity contribution in [1.82, 2.24) is 10.2 Å². The normalized spacial score (nSPS) is 17.9. The number of halogens is 3. The van der Waals surface area contributed by atoms with Gasteiger partial charge in [0.2, 0.25) is 0 Å². The summed E-state index contributed by atoms with van der Waals surface area (Å²) >= 11 is 0. The highest BCUT2D eigenvalue weighted by atomic mass is 19.4. The Bertz CT molecular complexity index is 1300. The SMILES string of the molecule is Cc1ccc(N2C(=O)C(=O)C(=C(O)c3ccc(C(C)C)cc3)C2c2ccc(C(F)(F)F)cc2)nn1. The molecule has 0 radical (unpaired) electrons. The number of ketones is 1. The van der Waals surface area contributed by atoms with Crippen molar-refractivity contribution in [3.63, 3.8) is 0 Å². The Kier molecular flexibility index (Phi) is 6.19. The van der Waals surface area contributed by atoms with E-state index in [4.69, 9.17) is 0 Å².